The summed E-state index contributed by atoms with van der Waals surface area (Å²) < 4.78 is 0. The number of carbonyl (C=O) groups excluding carboxylic acids is 1. The monoisotopic (exact) mass is 386 g/mol. The van der Waals surface area contributed by atoms with Gasteiger partial charge in [0.2, 0.25) is 0 Å². The van der Waals surface area contributed by atoms with Crippen LogP contribution in [0.4, 0.5) is 11.4 Å². The maximum Gasteiger partial charge on any atom is 0.265 e. The summed E-state index contributed by atoms with van der Waals surface area (Å²) >= 11 is 5.91. The van der Waals surface area contributed by atoms with Crippen molar-refractivity contribution in [2.45, 2.75) is 19.8 Å². The zero-order valence-corrected chi connectivity index (χ0v) is 16.0. The van der Waals surface area contributed by atoms with Crippen LogP contribution >= 0.6 is 11.6 Å². The number of amides is 1. The number of hydrogen-bond acceptors (Lipinski definition) is 4. The number of hydrogen-bond donors (Lipinski definition) is 2. The number of halogens is 1. The van der Waals surface area contributed by atoms with Gasteiger partial charge in [0.25, 0.3) is 5.91 Å². The second-order valence-corrected chi connectivity index (χ2v) is 6.94. The van der Waals surface area contributed by atoms with Crippen molar-refractivity contribution in [1.82, 2.24) is 0 Å². The van der Waals surface area contributed by atoms with Crippen LogP contribution in [0.5, 0.6) is 0 Å². The number of oxime groups is 1. The third-order valence-electron chi connectivity index (χ3n) is 4.43. The van der Waals surface area contributed by atoms with Gasteiger partial charge in [-0.2, -0.15) is 0 Å². The molecule has 1 aliphatic heterocycles. The highest BCUT2D eigenvalue weighted by atomic mass is 35.5. The predicted octanol–water partition coefficient (Wildman–Crippen LogP) is 3.52. The van der Waals surface area contributed by atoms with Crippen molar-refractivity contribution in [3.8, 4) is 0 Å². The lowest BCUT2D eigenvalue weighted by atomic mass is 10.1. The van der Waals surface area contributed by atoms with Gasteiger partial charge in [0.1, 0.15) is 0 Å². The predicted molar refractivity (Wildman–Crippen MR) is 109 cm³/mol. The maximum absolute atomic E-state index is 12.1. The van der Waals surface area contributed by atoms with Crippen LogP contribution in [-0.4, -0.2) is 31.4 Å². The molecule has 0 spiro atoms. The molecule has 0 saturated carbocycles. The Labute approximate surface area is 163 Å². The minimum atomic E-state index is -0.297. The molecule has 0 aliphatic carbocycles. The third kappa shape index (κ3) is 5.14. The van der Waals surface area contributed by atoms with Crippen LogP contribution in [0.2, 0.25) is 5.02 Å². The van der Waals surface area contributed by atoms with Gasteiger partial charge in [-0.15, -0.1) is 0 Å². The zero-order valence-electron chi connectivity index (χ0n) is 15.2. The van der Waals surface area contributed by atoms with Gasteiger partial charge in [-0.05, 0) is 55.7 Å². The molecule has 0 aromatic heterocycles. The number of carbonyl (C=O) groups is 1. The quantitative estimate of drug-likeness (QED) is 0.452. The van der Waals surface area contributed by atoms with E-state index in [1.54, 1.807) is 24.3 Å². The molecule has 1 fully saturated rings. The van der Waals surface area contributed by atoms with Crippen molar-refractivity contribution in [3.05, 3.63) is 58.6 Å². The summed E-state index contributed by atoms with van der Waals surface area (Å²) in [5, 5.41) is 7.16. The average Bonchev–Trinajstić information content (AvgIpc) is 3.18. The van der Waals surface area contributed by atoms with Gasteiger partial charge >= 0.3 is 0 Å². The van der Waals surface area contributed by atoms with Gasteiger partial charge in [0, 0.05) is 35.1 Å². The molecule has 1 amide bonds. The van der Waals surface area contributed by atoms with E-state index >= 15 is 0 Å². The molecule has 2 aromatic carbocycles. The van der Waals surface area contributed by atoms with Gasteiger partial charge in [-0.1, -0.05) is 28.9 Å². The van der Waals surface area contributed by atoms with Crippen LogP contribution in [0.25, 0.3) is 0 Å². The Morgan fingerprint density at radius 1 is 1.26 bits per heavy atom. The Bertz CT molecular complexity index is 848. The summed E-state index contributed by atoms with van der Waals surface area (Å²) in [5.41, 5.74) is 9.43. The molecule has 1 saturated heterocycles. The Morgan fingerprint density at radius 2 is 2.04 bits per heavy atom. The molecule has 0 radical (unpaired) electrons. The lowest BCUT2D eigenvalue weighted by molar-refractivity contribution is -0.120. The highest BCUT2D eigenvalue weighted by Gasteiger charge is 2.13. The zero-order chi connectivity index (χ0) is 19.2. The molecule has 3 rings (SSSR count). The van der Waals surface area contributed by atoms with Crippen molar-refractivity contribution in [1.29, 1.82) is 0 Å². The number of aryl methyl sites for hydroxylation is 1. The molecule has 7 heteroatoms. The Balaban J connectivity index is 1.54. The number of nitrogens with zero attached hydrogens (tertiary/aromatic N) is 2. The Morgan fingerprint density at radius 3 is 2.74 bits per heavy atom. The summed E-state index contributed by atoms with van der Waals surface area (Å²) in [4.78, 5) is 19.5. The largest absolute Gasteiger partial charge is 0.384 e. The third-order valence-corrected chi connectivity index (χ3v) is 4.67. The van der Waals surface area contributed by atoms with E-state index in [9.17, 15) is 4.79 Å². The molecule has 0 unspecified atom stereocenters. The number of benzene rings is 2. The van der Waals surface area contributed by atoms with E-state index in [1.807, 2.05) is 19.1 Å². The molecule has 1 heterocycles. The normalized spacial score (nSPS) is 14.3. The molecule has 6 nitrogen and oxygen atoms in total. The van der Waals surface area contributed by atoms with Gasteiger partial charge in [-0.25, -0.2) is 0 Å². The van der Waals surface area contributed by atoms with E-state index in [0.717, 1.165) is 24.3 Å². The Kier molecular flexibility index (Phi) is 6.19. The summed E-state index contributed by atoms with van der Waals surface area (Å²) in [6.07, 6.45) is 2.46. The van der Waals surface area contributed by atoms with Crippen LogP contribution in [0.1, 0.15) is 24.0 Å². The van der Waals surface area contributed by atoms with Gasteiger partial charge in [0.05, 0.1) is 0 Å². The molecule has 0 bridgehead atoms. The van der Waals surface area contributed by atoms with Crippen LogP contribution in [-0.2, 0) is 9.63 Å². The molecule has 2 aromatic rings. The molecule has 27 heavy (non-hydrogen) atoms. The lowest BCUT2D eigenvalue weighted by Gasteiger charge is -2.19. The number of rotatable bonds is 6. The van der Waals surface area contributed by atoms with Crippen LogP contribution in [0.3, 0.4) is 0 Å². The van der Waals surface area contributed by atoms with E-state index in [1.165, 1.54) is 18.5 Å². The van der Waals surface area contributed by atoms with Crippen molar-refractivity contribution in [2.24, 2.45) is 10.9 Å². The summed E-state index contributed by atoms with van der Waals surface area (Å²) in [5.74, 6) is -0.133. The van der Waals surface area contributed by atoms with Crippen LogP contribution < -0.4 is 16.0 Å². The first-order valence-corrected chi connectivity index (χ1v) is 9.27. The van der Waals surface area contributed by atoms with Crippen molar-refractivity contribution in [3.63, 3.8) is 0 Å². The fourth-order valence-corrected chi connectivity index (χ4v) is 3.20. The second kappa shape index (κ2) is 8.77. The highest BCUT2D eigenvalue weighted by molar-refractivity contribution is 6.31. The smallest absolute Gasteiger partial charge is 0.265 e. The van der Waals surface area contributed by atoms with Crippen molar-refractivity contribution < 1.29 is 9.63 Å². The first-order chi connectivity index (χ1) is 13.0. The molecule has 1 aliphatic rings. The standard InChI is InChI=1S/C20H23ClN4O2/c1-14-11-17(25-9-2-3-10-25)7-8-18(14)23-19(26)13-27-24-20(22)15-5-4-6-16(21)12-15/h4-8,11-12H,2-3,9-10,13H2,1H3,(H2,22,24)(H,23,26). The van der Waals surface area contributed by atoms with E-state index in [2.05, 4.69) is 21.4 Å². The first-order valence-electron chi connectivity index (χ1n) is 8.90. The van der Waals surface area contributed by atoms with Crippen molar-refractivity contribution >= 4 is 34.7 Å². The number of amidine groups is 1. The minimum absolute atomic E-state index is 0.163. The fourth-order valence-electron chi connectivity index (χ4n) is 3.01. The van der Waals surface area contributed by atoms with E-state index < -0.39 is 0 Å². The minimum Gasteiger partial charge on any atom is -0.384 e. The van der Waals surface area contributed by atoms with Crippen LogP contribution in [0, 0.1) is 6.92 Å². The lowest BCUT2D eigenvalue weighted by Crippen LogP contribution is -2.20. The average molecular weight is 387 g/mol. The number of nitrogens with two attached hydrogens (primary N) is 1. The summed E-state index contributed by atoms with van der Waals surface area (Å²) in [7, 11) is 0. The summed E-state index contributed by atoms with van der Waals surface area (Å²) in [6, 6.07) is 13.0. The molecule has 3 N–H and O–H groups in total. The van der Waals surface area contributed by atoms with E-state index in [-0.39, 0.29) is 18.3 Å². The SMILES string of the molecule is Cc1cc(N2CCCC2)ccc1NC(=O)CO/N=C(\N)c1cccc(Cl)c1. The topological polar surface area (TPSA) is 80.0 Å². The van der Waals surface area contributed by atoms with Gasteiger partial charge in [-0.3, -0.25) is 4.79 Å². The summed E-state index contributed by atoms with van der Waals surface area (Å²) in [6.45, 7) is 3.93. The van der Waals surface area contributed by atoms with Gasteiger partial charge < -0.3 is 20.8 Å². The highest BCUT2D eigenvalue weighted by Crippen LogP contribution is 2.25. The number of anilines is 2. The van der Waals surface area contributed by atoms with E-state index in [4.69, 9.17) is 22.2 Å². The van der Waals surface area contributed by atoms with E-state index in [0.29, 0.717) is 10.6 Å². The van der Waals surface area contributed by atoms with Crippen molar-refractivity contribution in [2.75, 3.05) is 29.9 Å². The molecule has 0 atom stereocenters. The van der Waals surface area contributed by atoms with Crippen LogP contribution in [0.15, 0.2) is 47.6 Å². The first kappa shape index (κ1) is 19.0. The number of nitrogens with one attached hydrogen (secondary N) is 1. The maximum atomic E-state index is 12.1. The molecule has 142 valence electrons. The molecular formula is C20H23ClN4O2. The molecular weight excluding hydrogens is 364 g/mol. The fraction of sp³-hybridized carbons (Fsp3) is 0.300. The Hall–Kier alpha value is -2.73. The second-order valence-electron chi connectivity index (χ2n) is 6.50. The van der Waals surface area contributed by atoms with Gasteiger partial charge in [0.15, 0.2) is 12.4 Å².